The number of pyridine rings is 1. The Kier molecular flexibility index (Phi) is 3.41. The molecule has 1 aliphatic carbocycles. The van der Waals surface area contributed by atoms with E-state index in [0.717, 1.165) is 18.7 Å². The SMILES string of the molecule is CC(C)(C)Nc1ccc(NC(=O)NC2CC2)cn1. The number of anilines is 2. The molecule has 1 aromatic heterocycles. The largest absolute Gasteiger partial charge is 0.365 e. The monoisotopic (exact) mass is 248 g/mol. The van der Waals surface area contributed by atoms with Gasteiger partial charge in [-0.05, 0) is 45.7 Å². The highest BCUT2D eigenvalue weighted by molar-refractivity contribution is 5.89. The van der Waals surface area contributed by atoms with Gasteiger partial charge in [-0.15, -0.1) is 0 Å². The van der Waals surface area contributed by atoms with Crippen LogP contribution in [0.1, 0.15) is 33.6 Å². The molecule has 0 saturated heterocycles. The van der Waals surface area contributed by atoms with Gasteiger partial charge in [-0.2, -0.15) is 0 Å². The van der Waals surface area contributed by atoms with Crippen molar-refractivity contribution in [3.63, 3.8) is 0 Å². The van der Waals surface area contributed by atoms with Crippen LogP contribution < -0.4 is 16.0 Å². The molecule has 0 spiro atoms. The summed E-state index contributed by atoms with van der Waals surface area (Å²) in [6.45, 7) is 6.22. The summed E-state index contributed by atoms with van der Waals surface area (Å²) in [6.07, 6.45) is 3.82. The molecule has 1 aromatic rings. The van der Waals surface area contributed by atoms with Gasteiger partial charge < -0.3 is 16.0 Å². The van der Waals surface area contributed by atoms with Gasteiger partial charge in [0.25, 0.3) is 0 Å². The maximum absolute atomic E-state index is 11.5. The second kappa shape index (κ2) is 4.84. The Morgan fingerprint density at radius 3 is 2.56 bits per heavy atom. The van der Waals surface area contributed by atoms with Gasteiger partial charge in [-0.1, -0.05) is 0 Å². The van der Waals surface area contributed by atoms with E-state index in [1.54, 1.807) is 6.20 Å². The van der Waals surface area contributed by atoms with E-state index in [0.29, 0.717) is 11.7 Å². The summed E-state index contributed by atoms with van der Waals surface area (Å²) in [5.41, 5.74) is 0.679. The Hall–Kier alpha value is -1.78. The van der Waals surface area contributed by atoms with E-state index in [2.05, 4.69) is 41.7 Å². The second-order valence-electron chi connectivity index (χ2n) is 5.68. The molecule has 1 heterocycles. The maximum atomic E-state index is 11.5. The first-order valence-corrected chi connectivity index (χ1v) is 6.24. The smallest absolute Gasteiger partial charge is 0.319 e. The number of hydrogen-bond acceptors (Lipinski definition) is 3. The molecule has 1 fully saturated rings. The van der Waals surface area contributed by atoms with E-state index in [1.165, 1.54) is 0 Å². The Morgan fingerprint density at radius 2 is 2.06 bits per heavy atom. The molecule has 0 radical (unpaired) electrons. The third kappa shape index (κ3) is 4.24. The fourth-order valence-electron chi connectivity index (χ4n) is 1.51. The fourth-order valence-corrected chi connectivity index (χ4v) is 1.51. The first-order valence-electron chi connectivity index (χ1n) is 6.24. The van der Waals surface area contributed by atoms with Crippen molar-refractivity contribution in [3.8, 4) is 0 Å². The number of urea groups is 1. The molecule has 0 aromatic carbocycles. The summed E-state index contributed by atoms with van der Waals surface area (Å²) >= 11 is 0. The van der Waals surface area contributed by atoms with Crippen molar-refractivity contribution >= 4 is 17.5 Å². The van der Waals surface area contributed by atoms with Gasteiger partial charge in [0.1, 0.15) is 5.82 Å². The lowest BCUT2D eigenvalue weighted by Crippen LogP contribution is -2.30. The normalized spacial score (nSPS) is 15.1. The minimum Gasteiger partial charge on any atom is -0.365 e. The molecular weight excluding hydrogens is 228 g/mol. The van der Waals surface area contributed by atoms with Crippen molar-refractivity contribution in [1.29, 1.82) is 0 Å². The highest BCUT2D eigenvalue weighted by Gasteiger charge is 2.23. The number of nitrogens with one attached hydrogen (secondary N) is 3. The van der Waals surface area contributed by atoms with E-state index in [4.69, 9.17) is 0 Å². The van der Waals surface area contributed by atoms with Crippen LogP contribution in [-0.4, -0.2) is 22.6 Å². The summed E-state index contributed by atoms with van der Waals surface area (Å²) in [7, 11) is 0. The molecule has 98 valence electrons. The molecule has 0 unspecified atom stereocenters. The van der Waals surface area contributed by atoms with Gasteiger partial charge in [0.15, 0.2) is 0 Å². The Morgan fingerprint density at radius 1 is 1.33 bits per heavy atom. The van der Waals surface area contributed by atoms with Crippen LogP contribution >= 0.6 is 0 Å². The molecule has 2 amide bonds. The van der Waals surface area contributed by atoms with Crippen LogP contribution in [0.2, 0.25) is 0 Å². The first-order chi connectivity index (χ1) is 8.42. The third-order valence-corrected chi connectivity index (χ3v) is 2.44. The molecule has 0 atom stereocenters. The van der Waals surface area contributed by atoms with Gasteiger partial charge in [0, 0.05) is 11.6 Å². The van der Waals surface area contributed by atoms with E-state index in [-0.39, 0.29) is 11.6 Å². The van der Waals surface area contributed by atoms with Crippen molar-refractivity contribution in [2.75, 3.05) is 10.6 Å². The molecule has 18 heavy (non-hydrogen) atoms. The molecule has 1 saturated carbocycles. The molecule has 5 heteroatoms. The minimum atomic E-state index is -0.157. The highest BCUT2D eigenvalue weighted by Crippen LogP contribution is 2.19. The number of carbonyl (C=O) groups is 1. The topological polar surface area (TPSA) is 66.0 Å². The zero-order valence-corrected chi connectivity index (χ0v) is 11.1. The Labute approximate surface area is 107 Å². The van der Waals surface area contributed by atoms with Crippen molar-refractivity contribution < 1.29 is 4.79 Å². The van der Waals surface area contributed by atoms with Gasteiger partial charge in [-0.25, -0.2) is 9.78 Å². The summed E-state index contributed by atoms with van der Waals surface area (Å²) in [4.78, 5) is 15.8. The number of hydrogen-bond donors (Lipinski definition) is 3. The molecule has 2 rings (SSSR count). The zero-order chi connectivity index (χ0) is 13.2. The van der Waals surface area contributed by atoms with Gasteiger partial charge >= 0.3 is 6.03 Å². The van der Waals surface area contributed by atoms with E-state index < -0.39 is 0 Å². The number of amides is 2. The van der Waals surface area contributed by atoms with Crippen LogP contribution in [0.3, 0.4) is 0 Å². The summed E-state index contributed by atoms with van der Waals surface area (Å²) in [5, 5.41) is 8.89. The Balaban J connectivity index is 1.88. The average Bonchev–Trinajstić information content (AvgIpc) is 3.02. The summed E-state index contributed by atoms with van der Waals surface area (Å²) < 4.78 is 0. The maximum Gasteiger partial charge on any atom is 0.319 e. The molecule has 1 aliphatic rings. The van der Waals surface area contributed by atoms with Crippen LogP contribution in [0, 0.1) is 0 Å². The predicted octanol–water partition coefficient (Wildman–Crippen LogP) is 2.58. The van der Waals surface area contributed by atoms with Crippen LogP contribution in [0.5, 0.6) is 0 Å². The zero-order valence-electron chi connectivity index (χ0n) is 11.1. The molecule has 0 bridgehead atoms. The van der Waals surface area contributed by atoms with Crippen molar-refractivity contribution in [2.45, 2.75) is 45.2 Å². The lowest BCUT2D eigenvalue weighted by Gasteiger charge is -2.21. The van der Waals surface area contributed by atoms with Crippen LogP contribution in [0.15, 0.2) is 18.3 Å². The van der Waals surface area contributed by atoms with E-state index in [1.807, 2.05) is 12.1 Å². The molecule has 3 N–H and O–H groups in total. The highest BCUT2D eigenvalue weighted by atomic mass is 16.2. The summed E-state index contributed by atoms with van der Waals surface area (Å²) in [6, 6.07) is 3.90. The number of carbonyl (C=O) groups excluding carboxylic acids is 1. The Bertz CT molecular complexity index is 418. The first kappa shape index (κ1) is 12.7. The number of nitrogens with zero attached hydrogens (tertiary/aromatic N) is 1. The number of aromatic nitrogens is 1. The van der Waals surface area contributed by atoms with Crippen molar-refractivity contribution in [1.82, 2.24) is 10.3 Å². The van der Waals surface area contributed by atoms with Crippen LogP contribution in [0.4, 0.5) is 16.3 Å². The third-order valence-electron chi connectivity index (χ3n) is 2.44. The lowest BCUT2D eigenvalue weighted by molar-refractivity contribution is 0.251. The van der Waals surface area contributed by atoms with Crippen LogP contribution in [-0.2, 0) is 0 Å². The van der Waals surface area contributed by atoms with Crippen LogP contribution in [0.25, 0.3) is 0 Å². The fraction of sp³-hybridized carbons (Fsp3) is 0.538. The standard InChI is InChI=1S/C13H20N4O/c1-13(2,3)17-11-7-6-10(8-14-11)16-12(18)15-9-4-5-9/h6-9H,4-5H2,1-3H3,(H,14,17)(H2,15,16,18). The minimum absolute atomic E-state index is 0.0225. The molecule has 5 nitrogen and oxygen atoms in total. The number of rotatable bonds is 3. The molecular formula is C13H20N4O. The van der Waals surface area contributed by atoms with Crippen molar-refractivity contribution in [3.05, 3.63) is 18.3 Å². The van der Waals surface area contributed by atoms with Gasteiger partial charge in [0.05, 0.1) is 11.9 Å². The predicted molar refractivity (Wildman–Crippen MR) is 72.8 cm³/mol. The molecule has 0 aliphatic heterocycles. The average molecular weight is 248 g/mol. The quantitative estimate of drug-likeness (QED) is 0.770. The van der Waals surface area contributed by atoms with E-state index >= 15 is 0 Å². The van der Waals surface area contributed by atoms with Gasteiger partial charge in [-0.3, -0.25) is 0 Å². The second-order valence-corrected chi connectivity index (χ2v) is 5.68. The van der Waals surface area contributed by atoms with Crippen molar-refractivity contribution in [2.24, 2.45) is 0 Å². The van der Waals surface area contributed by atoms with Gasteiger partial charge in [0.2, 0.25) is 0 Å². The van der Waals surface area contributed by atoms with E-state index in [9.17, 15) is 4.79 Å². The summed E-state index contributed by atoms with van der Waals surface area (Å²) in [5.74, 6) is 0.802. The lowest BCUT2D eigenvalue weighted by atomic mass is 10.1.